The van der Waals surface area contributed by atoms with Crippen molar-refractivity contribution >= 4 is 17.5 Å². The molecule has 0 fully saturated rings. The molecule has 2 unspecified atom stereocenters. The number of allylic oxidation sites excluding steroid dienone is 1. The maximum Gasteiger partial charge on any atom is 0.408 e. The van der Waals surface area contributed by atoms with Gasteiger partial charge in [-0.05, 0) is 20.3 Å². The van der Waals surface area contributed by atoms with Crippen molar-refractivity contribution in [2.24, 2.45) is 0 Å². The van der Waals surface area contributed by atoms with Gasteiger partial charge >= 0.3 is 12.4 Å². The molecule has 1 aromatic rings. The van der Waals surface area contributed by atoms with E-state index >= 15 is 0 Å². The van der Waals surface area contributed by atoms with Crippen molar-refractivity contribution in [1.82, 2.24) is 15.0 Å². The lowest BCUT2D eigenvalue weighted by Crippen LogP contribution is -2.38. The van der Waals surface area contributed by atoms with Gasteiger partial charge in [-0.15, -0.1) is 0 Å². The lowest BCUT2D eigenvalue weighted by molar-refractivity contribution is -0.139. The van der Waals surface area contributed by atoms with Gasteiger partial charge in [-0.2, -0.15) is 41.3 Å². The number of aliphatic hydroxyl groups excluding tert-OH is 1. The van der Waals surface area contributed by atoms with Crippen LogP contribution in [-0.4, -0.2) is 56.5 Å². The van der Waals surface area contributed by atoms with Crippen molar-refractivity contribution in [3.05, 3.63) is 11.7 Å². The number of rotatable bonds is 5. The Morgan fingerprint density at radius 2 is 1.37 bits per heavy atom. The van der Waals surface area contributed by atoms with Gasteiger partial charge in [0.05, 0.1) is 0 Å². The Morgan fingerprint density at radius 1 is 0.933 bits per heavy atom. The summed E-state index contributed by atoms with van der Waals surface area (Å²) in [5.74, 6) is -8.06. The van der Waals surface area contributed by atoms with Crippen LogP contribution in [0.4, 0.5) is 51.4 Å². The van der Waals surface area contributed by atoms with Gasteiger partial charge in [0, 0.05) is 12.0 Å². The smallest absolute Gasteiger partial charge is 0.380 e. The van der Waals surface area contributed by atoms with Gasteiger partial charge in [0.15, 0.2) is 11.9 Å². The number of nitrogens with one attached hydrogen (secondary N) is 2. The maximum atomic E-state index is 14.2. The van der Waals surface area contributed by atoms with Gasteiger partial charge in [0.1, 0.15) is 17.9 Å². The van der Waals surface area contributed by atoms with E-state index in [2.05, 4.69) is 15.0 Å². The minimum Gasteiger partial charge on any atom is -0.380 e. The van der Waals surface area contributed by atoms with Crippen LogP contribution in [0.2, 0.25) is 0 Å². The molecule has 0 spiro atoms. The molecule has 3 atom stereocenters. The predicted molar refractivity (Wildman–Crippen MR) is 86.3 cm³/mol. The number of halogens is 9. The summed E-state index contributed by atoms with van der Waals surface area (Å²) in [6, 6.07) is -4.50. The molecule has 1 aromatic heterocycles. The Balaban J connectivity index is 2.50. The topological polar surface area (TPSA) is 83.0 Å². The molecule has 0 bridgehead atoms. The van der Waals surface area contributed by atoms with E-state index in [0.717, 1.165) is 0 Å². The first-order valence-corrected chi connectivity index (χ1v) is 8.39. The van der Waals surface area contributed by atoms with Gasteiger partial charge in [-0.1, -0.05) is 0 Å². The lowest BCUT2D eigenvalue weighted by Gasteiger charge is -2.28. The van der Waals surface area contributed by atoms with Crippen LogP contribution in [0.15, 0.2) is 5.83 Å². The third-order valence-electron chi connectivity index (χ3n) is 4.22. The molecule has 0 saturated carbocycles. The largest absolute Gasteiger partial charge is 0.408 e. The molecular weight excluding hydrogens is 437 g/mol. The molecule has 0 amide bonds. The third-order valence-corrected chi connectivity index (χ3v) is 4.22. The summed E-state index contributed by atoms with van der Waals surface area (Å²) in [4.78, 5) is 10.4. The molecule has 3 N–H and O–H groups in total. The molecule has 30 heavy (non-hydrogen) atoms. The first kappa shape index (κ1) is 24.0. The van der Waals surface area contributed by atoms with E-state index in [1.165, 1.54) is 0 Å². The number of aromatic nitrogens is 3. The fraction of sp³-hybridized carbons (Fsp3) is 0.667. The molecule has 0 aliphatic heterocycles. The molecule has 0 radical (unpaired) electrons. The van der Waals surface area contributed by atoms with Gasteiger partial charge in [-0.25, -0.2) is 13.2 Å². The van der Waals surface area contributed by atoms with Crippen LogP contribution >= 0.6 is 0 Å². The quantitative estimate of drug-likeness (QED) is 0.584. The second kappa shape index (κ2) is 8.07. The van der Waals surface area contributed by atoms with Crippen molar-refractivity contribution in [3.63, 3.8) is 0 Å². The van der Waals surface area contributed by atoms with Crippen LogP contribution in [0.1, 0.15) is 32.5 Å². The van der Waals surface area contributed by atoms with Crippen molar-refractivity contribution in [3.8, 4) is 0 Å². The highest BCUT2D eigenvalue weighted by molar-refractivity contribution is 5.66. The average Bonchev–Trinajstić information content (AvgIpc) is 2.58. The molecule has 15 heteroatoms. The average molecular weight is 453 g/mol. The van der Waals surface area contributed by atoms with Crippen LogP contribution in [0.5, 0.6) is 0 Å². The second-order valence-corrected chi connectivity index (χ2v) is 6.61. The second-order valence-electron chi connectivity index (χ2n) is 6.61. The zero-order chi connectivity index (χ0) is 23.1. The number of nitrogens with zero attached hydrogens (tertiary/aromatic N) is 3. The van der Waals surface area contributed by atoms with Crippen molar-refractivity contribution in [1.29, 1.82) is 0 Å². The minimum atomic E-state index is -4.78. The maximum absolute atomic E-state index is 14.2. The number of hydrogen-bond donors (Lipinski definition) is 3. The Labute approximate surface area is 163 Å². The molecular formula is C15H16F9N5O. The van der Waals surface area contributed by atoms with Gasteiger partial charge in [0.25, 0.3) is 5.92 Å². The van der Waals surface area contributed by atoms with Crippen molar-refractivity contribution in [2.45, 2.75) is 63.2 Å². The summed E-state index contributed by atoms with van der Waals surface area (Å²) in [6.45, 7) is 1.33. The number of anilines is 2. The molecule has 0 saturated heterocycles. The number of hydrogen-bond acceptors (Lipinski definition) is 6. The minimum absolute atomic E-state index is 0.666. The highest BCUT2D eigenvalue weighted by Crippen LogP contribution is 2.41. The first-order chi connectivity index (χ1) is 13.5. The highest BCUT2D eigenvalue weighted by Gasteiger charge is 2.46. The van der Waals surface area contributed by atoms with Crippen LogP contribution < -0.4 is 10.6 Å². The van der Waals surface area contributed by atoms with Crippen LogP contribution in [0, 0.1) is 0 Å². The monoisotopic (exact) mass is 453 g/mol. The molecule has 6 nitrogen and oxygen atoms in total. The summed E-state index contributed by atoms with van der Waals surface area (Å²) in [7, 11) is 0. The summed E-state index contributed by atoms with van der Waals surface area (Å²) in [5, 5.41) is 13.0. The van der Waals surface area contributed by atoms with Crippen LogP contribution in [-0.2, 0) is 0 Å². The van der Waals surface area contributed by atoms with E-state index in [9.17, 15) is 44.6 Å². The van der Waals surface area contributed by atoms with Crippen LogP contribution in [0.25, 0.3) is 5.57 Å². The third kappa shape index (κ3) is 5.43. The Kier molecular flexibility index (Phi) is 6.45. The first-order valence-electron chi connectivity index (χ1n) is 8.39. The Morgan fingerprint density at radius 3 is 1.77 bits per heavy atom. The van der Waals surface area contributed by atoms with Crippen molar-refractivity contribution in [2.75, 3.05) is 10.6 Å². The Hall–Kier alpha value is -2.32. The summed E-state index contributed by atoms with van der Waals surface area (Å²) in [6.07, 6.45) is -14.2. The van der Waals surface area contributed by atoms with E-state index in [4.69, 9.17) is 0 Å². The molecule has 170 valence electrons. The summed E-state index contributed by atoms with van der Waals surface area (Å²) < 4.78 is 118. The Bertz CT molecular complexity index is 768. The SMILES string of the molecule is CC(Nc1nc(N[C@@H](C)C(F)(F)F)nc(C2=C(F)C(O)C(F)(F)CC2)n1)C(F)(F)F. The zero-order valence-electron chi connectivity index (χ0n) is 15.3. The number of aliphatic hydroxyl groups is 1. The predicted octanol–water partition coefficient (Wildman–Crippen LogP) is 4.07. The van der Waals surface area contributed by atoms with Gasteiger partial charge in [-0.3, -0.25) is 0 Å². The van der Waals surface area contributed by atoms with Crippen LogP contribution in [0.3, 0.4) is 0 Å². The molecule has 0 aromatic carbocycles. The molecule has 1 aliphatic carbocycles. The molecule has 1 heterocycles. The fourth-order valence-corrected chi connectivity index (χ4v) is 2.31. The molecule has 1 aliphatic rings. The van der Waals surface area contributed by atoms with Gasteiger partial charge < -0.3 is 15.7 Å². The van der Waals surface area contributed by atoms with E-state index in [-0.39, 0.29) is 0 Å². The standard InChI is InChI=1S/C15H16F9N5O/c1-5(14(19,20)21)25-11-27-10(7-3-4-13(17,18)9(30)8(7)16)28-12(29-11)26-6(2)15(22,23)24/h5-6,9,30H,3-4H2,1-2H3,(H2,25,26,27,28,29)/t5-,6?,9?/m0/s1. The number of alkyl halides is 8. The lowest BCUT2D eigenvalue weighted by atomic mass is 9.92. The van der Waals surface area contributed by atoms with E-state index in [1.54, 1.807) is 10.6 Å². The zero-order valence-corrected chi connectivity index (χ0v) is 15.3. The molecule has 2 rings (SSSR count). The summed E-state index contributed by atoms with van der Waals surface area (Å²) in [5.41, 5.74) is -0.679. The van der Waals surface area contributed by atoms with E-state index in [0.29, 0.717) is 13.8 Å². The fourth-order valence-electron chi connectivity index (χ4n) is 2.31. The highest BCUT2D eigenvalue weighted by atomic mass is 19.4. The van der Waals surface area contributed by atoms with E-state index < -0.39 is 78.4 Å². The van der Waals surface area contributed by atoms with Crippen molar-refractivity contribution < 1.29 is 44.6 Å². The summed E-state index contributed by atoms with van der Waals surface area (Å²) >= 11 is 0. The van der Waals surface area contributed by atoms with Gasteiger partial charge in [0.2, 0.25) is 11.9 Å². The van der Waals surface area contributed by atoms with E-state index in [1.807, 2.05) is 0 Å². The normalized spacial score (nSPS) is 21.9.